The monoisotopic (exact) mass is 314 g/mol. The zero-order valence-electron chi connectivity index (χ0n) is 13.5. The second-order valence-corrected chi connectivity index (χ2v) is 5.87. The van der Waals surface area contributed by atoms with Gasteiger partial charge >= 0.3 is 0 Å². The minimum absolute atomic E-state index is 0.0662. The second-order valence-electron chi connectivity index (χ2n) is 5.87. The molecule has 122 valence electrons. The fraction of sp³-hybridized carbons (Fsp3) is 0.368. The van der Waals surface area contributed by atoms with Crippen LogP contribution in [0.5, 0.6) is 5.75 Å². The largest absolute Gasteiger partial charge is 0.497 e. The second kappa shape index (κ2) is 7.57. The first-order valence-electron chi connectivity index (χ1n) is 8.12. The third kappa shape index (κ3) is 3.89. The Morgan fingerprint density at radius 2 is 1.87 bits per heavy atom. The normalized spacial score (nSPS) is 17.5. The van der Waals surface area contributed by atoms with Crippen LogP contribution in [0.4, 0.5) is 4.39 Å². The van der Waals surface area contributed by atoms with E-state index in [1.165, 1.54) is 11.6 Å². The molecule has 1 saturated heterocycles. The number of nitrogens with zero attached hydrogens (tertiary/aromatic N) is 1. The van der Waals surface area contributed by atoms with Crippen molar-refractivity contribution < 1.29 is 9.13 Å². The van der Waals surface area contributed by atoms with Gasteiger partial charge in [0.25, 0.3) is 0 Å². The molecule has 2 aromatic rings. The van der Waals surface area contributed by atoms with Crippen molar-refractivity contribution in [3.63, 3.8) is 0 Å². The van der Waals surface area contributed by atoms with Crippen molar-refractivity contribution in [2.45, 2.75) is 12.5 Å². The van der Waals surface area contributed by atoms with Crippen LogP contribution in [-0.4, -0.2) is 38.2 Å². The molecule has 0 aromatic heterocycles. The van der Waals surface area contributed by atoms with Gasteiger partial charge in [0, 0.05) is 19.6 Å². The zero-order chi connectivity index (χ0) is 16.1. The Balaban J connectivity index is 1.97. The summed E-state index contributed by atoms with van der Waals surface area (Å²) in [4.78, 5) is 2.43. The molecule has 1 heterocycles. The maximum absolute atomic E-state index is 13.8. The molecule has 1 atom stereocenters. The molecular formula is C19H23FN2O. The van der Waals surface area contributed by atoms with Crippen LogP contribution in [0.15, 0.2) is 48.5 Å². The average Bonchev–Trinajstić information content (AvgIpc) is 2.85. The quantitative estimate of drug-likeness (QED) is 0.938. The van der Waals surface area contributed by atoms with Gasteiger partial charge in [-0.3, -0.25) is 4.90 Å². The molecule has 0 saturated carbocycles. The summed E-state index contributed by atoms with van der Waals surface area (Å²) in [5.41, 5.74) is 2.16. The lowest BCUT2D eigenvalue weighted by Crippen LogP contribution is -2.33. The summed E-state index contributed by atoms with van der Waals surface area (Å²) in [7, 11) is 1.67. The van der Waals surface area contributed by atoms with E-state index in [1.807, 2.05) is 18.2 Å². The van der Waals surface area contributed by atoms with Gasteiger partial charge in [-0.25, -0.2) is 4.39 Å². The molecule has 1 N–H and O–H groups in total. The van der Waals surface area contributed by atoms with Crippen molar-refractivity contribution in [2.24, 2.45) is 0 Å². The summed E-state index contributed by atoms with van der Waals surface area (Å²) >= 11 is 0. The van der Waals surface area contributed by atoms with Crippen molar-refractivity contribution in [3.05, 3.63) is 65.5 Å². The van der Waals surface area contributed by atoms with E-state index in [0.717, 1.165) is 43.9 Å². The summed E-state index contributed by atoms with van der Waals surface area (Å²) < 4.78 is 19.0. The SMILES string of the molecule is COc1ccc(C(c2cccc(F)c2)N2CCCNCC2)cc1. The molecule has 1 aliphatic heterocycles. The van der Waals surface area contributed by atoms with Crippen LogP contribution in [0.3, 0.4) is 0 Å². The van der Waals surface area contributed by atoms with Crippen LogP contribution in [0, 0.1) is 5.82 Å². The fourth-order valence-electron chi connectivity index (χ4n) is 3.20. The highest BCUT2D eigenvalue weighted by molar-refractivity contribution is 5.36. The highest BCUT2D eigenvalue weighted by Gasteiger charge is 2.23. The van der Waals surface area contributed by atoms with Crippen molar-refractivity contribution in [1.82, 2.24) is 10.2 Å². The minimum Gasteiger partial charge on any atom is -0.497 e. The summed E-state index contributed by atoms with van der Waals surface area (Å²) in [6.45, 7) is 3.95. The van der Waals surface area contributed by atoms with Crippen LogP contribution in [0.1, 0.15) is 23.6 Å². The lowest BCUT2D eigenvalue weighted by atomic mass is 9.96. The first-order valence-corrected chi connectivity index (χ1v) is 8.12. The van der Waals surface area contributed by atoms with Crippen molar-refractivity contribution in [3.8, 4) is 5.75 Å². The van der Waals surface area contributed by atoms with E-state index in [-0.39, 0.29) is 11.9 Å². The number of benzene rings is 2. The molecule has 0 bridgehead atoms. The zero-order valence-corrected chi connectivity index (χ0v) is 13.5. The van der Waals surface area contributed by atoms with Crippen LogP contribution in [-0.2, 0) is 0 Å². The first kappa shape index (κ1) is 16.0. The molecule has 3 nitrogen and oxygen atoms in total. The van der Waals surface area contributed by atoms with Gasteiger partial charge < -0.3 is 10.1 Å². The van der Waals surface area contributed by atoms with E-state index in [9.17, 15) is 4.39 Å². The highest BCUT2D eigenvalue weighted by Crippen LogP contribution is 2.30. The van der Waals surface area contributed by atoms with Crippen molar-refractivity contribution in [2.75, 3.05) is 33.3 Å². The van der Waals surface area contributed by atoms with Crippen LogP contribution >= 0.6 is 0 Å². The van der Waals surface area contributed by atoms with E-state index < -0.39 is 0 Å². The Morgan fingerprint density at radius 3 is 2.61 bits per heavy atom. The molecule has 1 unspecified atom stereocenters. The standard InChI is InChI=1S/C19H23FN2O/c1-23-18-8-6-15(7-9-18)19(16-4-2-5-17(20)14-16)22-12-3-10-21-11-13-22/h2,4-9,14,19,21H,3,10-13H2,1H3. The predicted octanol–water partition coefficient (Wildman–Crippen LogP) is 3.22. The molecular weight excluding hydrogens is 291 g/mol. The lowest BCUT2D eigenvalue weighted by molar-refractivity contribution is 0.240. The van der Waals surface area contributed by atoms with Gasteiger partial charge in [0.1, 0.15) is 11.6 Å². The third-order valence-electron chi connectivity index (χ3n) is 4.34. The van der Waals surface area contributed by atoms with Crippen molar-refractivity contribution >= 4 is 0 Å². The van der Waals surface area contributed by atoms with Crippen molar-refractivity contribution in [1.29, 1.82) is 0 Å². The molecule has 23 heavy (non-hydrogen) atoms. The molecule has 0 amide bonds. The van der Waals surface area contributed by atoms with Crippen LogP contribution in [0.25, 0.3) is 0 Å². The van der Waals surface area contributed by atoms with Gasteiger partial charge in [0.05, 0.1) is 13.2 Å². The number of hydrogen-bond donors (Lipinski definition) is 1. The van der Waals surface area contributed by atoms with Gasteiger partial charge in [-0.2, -0.15) is 0 Å². The molecule has 2 aromatic carbocycles. The highest BCUT2D eigenvalue weighted by atomic mass is 19.1. The van der Waals surface area contributed by atoms with Gasteiger partial charge in [-0.05, 0) is 48.4 Å². The molecule has 3 rings (SSSR count). The number of methoxy groups -OCH3 is 1. The van der Waals surface area contributed by atoms with Crippen LogP contribution < -0.4 is 10.1 Å². The maximum Gasteiger partial charge on any atom is 0.123 e. The minimum atomic E-state index is -0.186. The van der Waals surface area contributed by atoms with Crippen LogP contribution in [0.2, 0.25) is 0 Å². The Morgan fingerprint density at radius 1 is 1.04 bits per heavy atom. The Bertz CT molecular complexity index is 622. The Labute approximate surface area is 137 Å². The molecule has 4 heteroatoms. The number of nitrogens with one attached hydrogen (secondary N) is 1. The molecule has 1 fully saturated rings. The summed E-state index contributed by atoms with van der Waals surface area (Å²) in [5.74, 6) is 0.651. The smallest absolute Gasteiger partial charge is 0.123 e. The van der Waals surface area contributed by atoms with E-state index >= 15 is 0 Å². The number of ether oxygens (including phenoxy) is 1. The van der Waals surface area contributed by atoms with Gasteiger partial charge in [-0.15, -0.1) is 0 Å². The number of hydrogen-bond acceptors (Lipinski definition) is 3. The van der Waals surface area contributed by atoms with Gasteiger partial charge in [0.2, 0.25) is 0 Å². The van der Waals surface area contributed by atoms with E-state index in [4.69, 9.17) is 4.74 Å². The van der Waals surface area contributed by atoms with E-state index in [2.05, 4.69) is 22.3 Å². The Hall–Kier alpha value is -1.91. The summed E-state index contributed by atoms with van der Waals surface area (Å²) in [6, 6.07) is 15.1. The van der Waals surface area contributed by atoms with E-state index in [1.54, 1.807) is 19.2 Å². The molecule has 1 aliphatic rings. The van der Waals surface area contributed by atoms with Gasteiger partial charge in [0.15, 0.2) is 0 Å². The predicted molar refractivity (Wildman–Crippen MR) is 90.3 cm³/mol. The van der Waals surface area contributed by atoms with E-state index in [0.29, 0.717) is 0 Å². The lowest BCUT2D eigenvalue weighted by Gasteiger charge is -2.31. The van der Waals surface area contributed by atoms with Gasteiger partial charge in [-0.1, -0.05) is 24.3 Å². The average molecular weight is 314 g/mol. The fourth-order valence-corrected chi connectivity index (χ4v) is 3.20. The number of halogens is 1. The summed E-state index contributed by atoms with van der Waals surface area (Å²) in [6.07, 6.45) is 1.10. The maximum atomic E-state index is 13.8. The first-order chi connectivity index (χ1) is 11.3. The molecule has 0 radical (unpaired) electrons. The third-order valence-corrected chi connectivity index (χ3v) is 4.34. The molecule has 0 spiro atoms. The molecule has 0 aliphatic carbocycles. The topological polar surface area (TPSA) is 24.5 Å². The Kier molecular flexibility index (Phi) is 5.26. The number of rotatable bonds is 4. The summed E-state index contributed by atoms with van der Waals surface area (Å²) in [5, 5.41) is 3.43.